The summed E-state index contributed by atoms with van der Waals surface area (Å²) in [4.78, 5) is 12.2. The van der Waals surface area contributed by atoms with Gasteiger partial charge in [0, 0.05) is 18.8 Å². The van der Waals surface area contributed by atoms with Crippen LogP contribution in [-0.2, 0) is 14.8 Å². The van der Waals surface area contributed by atoms with Crippen LogP contribution in [-0.4, -0.2) is 44.4 Å². The molecule has 7 nitrogen and oxygen atoms in total. The molecule has 1 aromatic carbocycles. The lowest BCUT2D eigenvalue weighted by Gasteiger charge is -2.20. The Morgan fingerprint density at radius 1 is 1.32 bits per heavy atom. The molecule has 0 spiro atoms. The highest BCUT2D eigenvalue weighted by atomic mass is 32.2. The van der Waals surface area contributed by atoms with Gasteiger partial charge >= 0.3 is 0 Å². The van der Waals surface area contributed by atoms with Crippen molar-refractivity contribution in [3.63, 3.8) is 0 Å². The van der Waals surface area contributed by atoms with Crippen molar-refractivity contribution >= 4 is 21.6 Å². The van der Waals surface area contributed by atoms with E-state index in [9.17, 15) is 13.2 Å². The summed E-state index contributed by atoms with van der Waals surface area (Å²) in [5, 5.41) is 2.69. The van der Waals surface area contributed by atoms with E-state index in [2.05, 4.69) is 5.32 Å². The molecular weight excluding hydrogens is 342 g/mol. The average molecular weight is 369 g/mol. The molecule has 0 aliphatic carbocycles. The highest BCUT2D eigenvalue weighted by molar-refractivity contribution is 7.89. The van der Waals surface area contributed by atoms with Crippen molar-refractivity contribution in [3.05, 3.63) is 18.2 Å². The Labute approximate surface area is 149 Å². The van der Waals surface area contributed by atoms with Crippen molar-refractivity contribution < 1.29 is 17.9 Å². The lowest BCUT2D eigenvalue weighted by Crippen LogP contribution is -2.39. The monoisotopic (exact) mass is 369 g/mol. The molecule has 0 aromatic heterocycles. The smallest absolute Gasteiger partial charge is 0.246 e. The third-order valence-corrected chi connectivity index (χ3v) is 6.13. The summed E-state index contributed by atoms with van der Waals surface area (Å²) in [6.07, 6.45) is 1.70. The molecular formula is C17H27N3O4S. The Balaban J connectivity index is 2.35. The zero-order valence-electron chi connectivity index (χ0n) is 15.0. The zero-order valence-corrected chi connectivity index (χ0v) is 15.8. The molecule has 1 fully saturated rings. The van der Waals surface area contributed by atoms with Crippen LogP contribution in [0.1, 0.15) is 33.6 Å². The molecule has 0 saturated carbocycles. The van der Waals surface area contributed by atoms with Gasteiger partial charge in [-0.25, -0.2) is 8.42 Å². The summed E-state index contributed by atoms with van der Waals surface area (Å²) >= 11 is 0. The molecule has 8 heteroatoms. The lowest BCUT2D eigenvalue weighted by molar-refractivity contribution is -0.118. The number of benzene rings is 1. The van der Waals surface area contributed by atoms with Crippen LogP contribution in [0, 0.1) is 5.92 Å². The van der Waals surface area contributed by atoms with Gasteiger partial charge in [-0.2, -0.15) is 4.31 Å². The van der Waals surface area contributed by atoms with Crippen molar-refractivity contribution in [3.8, 4) is 5.75 Å². The average Bonchev–Trinajstić information content (AvgIpc) is 3.10. The topological polar surface area (TPSA) is 102 Å². The Bertz CT molecular complexity index is 713. The van der Waals surface area contributed by atoms with E-state index in [0.29, 0.717) is 31.1 Å². The van der Waals surface area contributed by atoms with Crippen LogP contribution in [0.4, 0.5) is 5.69 Å². The van der Waals surface area contributed by atoms with E-state index in [0.717, 1.165) is 12.8 Å². The first-order valence-corrected chi connectivity index (χ1v) is 10.0. The third-order valence-electron chi connectivity index (χ3n) is 4.21. The lowest BCUT2D eigenvalue weighted by atomic mass is 10.0. The number of carbonyl (C=O) groups excluding carboxylic acids is 1. The summed E-state index contributed by atoms with van der Waals surface area (Å²) < 4.78 is 32.8. The number of anilines is 1. The molecule has 1 aliphatic rings. The summed E-state index contributed by atoms with van der Waals surface area (Å²) in [5.41, 5.74) is 6.24. The Hall–Kier alpha value is -1.64. The number of hydrogen-bond acceptors (Lipinski definition) is 5. The van der Waals surface area contributed by atoms with Crippen LogP contribution in [0.3, 0.4) is 0 Å². The van der Waals surface area contributed by atoms with E-state index in [1.54, 1.807) is 19.1 Å². The normalized spacial score (nSPS) is 16.8. The Morgan fingerprint density at radius 3 is 2.52 bits per heavy atom. The molecule has 1 saturated heterocycles. The SMILES string of the molecule is CCOc1ccc(NC(=O)C(N)C(C)C)cc1S(=O)(=O)N1CCCC1. The van der Waals surface area contributed by atoms with Gasteiger partial charge in [0.05, 0.1) is 12.6 Å². The molecule has 1 aliphatic heterocycles. The van der Waals surface area contributed by atoms with E-state index in [1.165, 1.54) is 10.4 Å². The zero-order chi connectivity index (χ0) is 18.6. The van der Waals surface area contributed by atoms with Gasteiger partial charge in [-0.15, -0.1) is 0 Å². The maximum Gasteiger partial charge on any atom is 0.246 e. The number of rotatable bonds is 7. The number of sulfonamides is 1. The predicted octanol–water partition coefficient (Wildman–Crippen LogP) is 1.79. The van der Waals surface area contributed by atoms with Gasteiger partial charge in [0.2, 0.25) is 15.9 Å². The summed E-state index contributed by atoms with van der Waals surface area (Å²) in [6.45, 7) is 6.86. The molecule has 0 radical (unpaired) electrons. The van der Waals surface area contributed by atoms with Gasteiger partial charge < -0.3 is 15.8 Å². The van der Waals surface area contributed by atoms with Crippen LogP contribution in [0.2, 0.25) is 0 Å². The number of hydrogen-bond donors (Lipinski definition) is 2. The maximum absolute atomic E-state index is 12.9. The number of nitrogens with two attached hydrogens (primary N) is 1. The number of amides is 1. The van der Waals surface area contributed by atoms with Crippen molar-refractivity contribution in [2.75, 3.05) is 25.0 Å². The van der Waals surface area contributed by atoms with Crippen molar-refractivity contribution in [1.82, 2.24) is 4.31 Å². The predicted molar refractivity (Wildman–Crippen MR) is 97.0 cm³/mol. The van der Waals surface area contributed by atoms with Crippen molar-refractivity contribution in [2.24, 2.45) is 11.7 Å². The fourth-order valence-electron chi connectivity index (χ4n) is 2.66. The molecule has 1 aromatic rings. The highest BCUT2D eigenvalue weighted by Gasteiger charge is 2.30. The van der Waals surface area contributed by atoms with Crippen molar-refractivity contribution in [1.29, 1.82) is 0 Å². The fourth-order valence-corrected chi connectivity index (χ4v) is 4.33. The van der Waals surface area contributed by atoms with E-state index in [4.69, 9.17) is 10.5 Å². The number of ether oxygens (including phenoxy) is 1. The molecule has 1 amide bonds. The number of nitrogens with zero attached hydrogens (tertiary/aromatic N) is 1. The molecule has 3 N–H and O–H groups in total. The molecule has 25 heavy (non-hydrogen) atoms. The van der Waals surface area contributed by atoms with Gasteiger partial charge in [-0.3, -0.25) is 4.79 Å². The molecule has 0 bridgehead atoms. The van der Waals surface area contributed by atoms with E-state index >= 15 is 0 Å². The van der Waals surface area contributed by atoms with Gasteiger partial charge in [0.1, 0.15) is 10.6 Å². The minimum Gasteiger partial charge on any atom is -0.492 e. The minimum absolute atomic E-state index is 0.0181. The van der Waals surface area contributed by atoms with E-state index < -0.39 is 16.1 Å². The third kappa shape index (κ3) is 4.50. The molecule has 2 rings (SSSR count). The van der Waals surface area contributed by atoms with E-state index in [-0.39, 0.29) is 16.7 Å². The van der Waals surface area contributed by atoms with Gasteiger partial charge in [-0.1, -0.05) is 13.8 Å². The van der Waals surface area contributed by atoms with Crippen LogP contribution >= 0.6 is 0 Å². The van der Waals surface area contributed by atoms with Gasteiger partial charge in [-0.05, 0) is 43.9 Å². The first kappa shape index (κ1) is 19.7. The van der Waals surface area contributed by atoms with Crippen LogP contribution in [0.25, 0.3) is 0 Å². The number of carbonyl (C=O) groups is 1. The van der Waals surface area contributed by atoms with Crippen LogP contribution in [0.5, 0.6) is 5.75 Å². The fraction of sp³-hybridized carbons (Fsp3) is 0.588. The molecule has 1 unspecified atom stereocenters. The quantitative estimate of drug-likeness (QED) is 0.763. The molecule has 1 atom stereocenters. The maximum atomic E-state index is 12.9. The minimum atomic E-state index is -3.66. The second-order valence-electron chi connectivity index (χ2n) is 6.46. The standard InChI is InChI=1S/C17H27N3O4S/c1-4-24-14-8-7-13(19-17(21)16(18)12(2)3)11-15(14)25(22,23)20-9-5-6-10-20/h7-8,11-12,16H,4-6,9-10,18H2,1-3H3,(H,19,21). The van der Waals surface area contributed by atoms with E-state index in [1.807, 2.05) is 13.8 Å². The largest absolute Gasteiger partial charge is 0.492 e. The summed E-state index contributed by atoms with van der Waals surface area (Å²) in [7, 11) is -3.66. The molecule has 140 valence electrons. The van der Waals surface area contributed by atoms with Gasteiger partial charge in [0.25, 0.3) is 0 Å². The van der Waals surface area contributed by atoms with Crippen LogP contribution in [0.15, 0.2) is 23.1 Å². The van der Waals surface area contributed by atoms with Crippen molar-refractivity contribution in [2.45, 2.75) is 44.6 Å². The summed E-state index contributed by atoms with van der Waals surface area (Å²) in [5.74, 6) is -0.0697. The van der Waals surface area contributed by atoms with Gasteiger partial charge in [0.15, 0.2) is 0 Å². The Kier molecular flexibility index (Phi) is 6.42. The second kappa shape index (κ2) is 8.16. The Morgan fingerprint density at radius 2 is 1.96 bits per heavy atom. The molecule has 1 heterocycles. The number of nitrogens with one attached hydrogen (secondary N) is 1. The first-order valence-electron chi connectivity index (χ1n) is 8.60. The summed E-state index contributed by atoms with van der Waals surface area (Å²) in [6, 6.07) is 3.98. The highest BCUT2D eigenvalue weighted by Crippen LogP contribution is 2.31. The van der Waals surface area contributed by atoms with Crippen LogP contribution < -0.4 is 15.8 Å². The second-order valence-corrected chi connectivity index (χ2v) is 8.37. The first-order chi connectivity index (χ1) is 11.8.